The molecular formula is C10H11BrFN3. The Hall–Kier alpha value is -0.940. The van der Waals surface area contributed by atoms with Crippen LogP contribution in [-0.2, 0) is 13.0 Å². The highest BCUT2D eigenvalue weighted by molar-refractivity contribution is 9.10. The summed E-state index contributed by atoms with van der Waals surface area (Å²) in [5.41, 5.74) is 8.12. The fourth-order valence-corrected chi connectivity index (χ4v) is 1.96. The summed E-state index contributed by atoms with van der Waals surface area (Å²) in [4.78, 5) is 4.33. The Labute approximate surface area is 95.2 Å². The van der Waals surface area contributed by atoms with E-state index in [2.05, 4.69) is 20.9 Å². The number of aryl methyl sites for hydroxylation is 1. The van der Waals surface area contributed by atoms with Crippen molar-refractivity contribution in [3.63, 3.8) is 0 Å². The van der Waals surface area contributed by atoms with Gasteiger partial charge in [-0.1, -0.05) is 6.92 Å². The van der Waals surface area contributed by atoms with Gasteiger partial charge in [-0.25, -0.2) is 9.37 Å². The first kappa shape index (κ1) is 10.6. The molecule has 2 heterocycles. The van der Waals surface area contributed by atoms with Crippen molar-refractivity contribution < 1.29 is 4.39 Å². The minimum absolute atomic E-state index is 0.307. The summed E-state index contributed by atoms with van der Waals surface area (Å²) < 4.78 is 15.5. The van der Waals surface area contributed by atoms with Gasteiger partial charge in [0.2, 0.25) is 0 Å². The van der Waals surface area contributed by atoms with Crippen LogP contribution in [0.4, 0.5) is 4.39 Å². The summed E-state index contributed by atoms with van der Waals surface area (Å²) in [5.74, 6) is -0.307. The molecule has 2 N–H and O–H groups in total. The summed E-state index contributed by atoms with van der Waals surface area (Å²) in [5, 5.41) is 0. The molecule has 0 fully saturated rings. The molecule has 3 nitrogen and oxygen atoms in total. The largest absolute Gasteiger partial charge is 0.325 e. The van der Waals surface area contributed by atoms with Crippen LogP contribution >= 0.6 is 15.9 Å². The Morgan fingerprint density at radius 1 is 1.60 bits per heavy atom. The number of hydrogen-bond acceptors (Lipinski definition) is 2. The van der Waals surface area contributed by atoms with E-state index in [9.17, 15) is 4.39 Å². The molecule has 0 unspecified atom stereocenters. The van der Waals surface area contributed by atoms with E-state index in [0.717, 1.165) is 17.8 Å². The summed E-state index contributed by atoms with van der Waals surface area (Å²) in [7, 11) is 0. The molecule has 0 aliphatic carbocycles. The summed E-state index contributed by atoms with van der Waals surface area (Å²) in [6.07, 6.45) is 2.46. The first-order chi connectivity index (χ1) is 7.17. The molecule has 2 rings (SSSR count). The van der Waals surface area contributed by atoms with E-state index in [1.165, 1.54) is 6.07 Å². The zero-order chi connectivity index (χ0) is 11.0. The number of fused-ring (bicyclic) bond motifs is 1. The van der Waals surface area contributed by atoms with Crippen LogP contribution < -0.4 is 5.73 Å². The summed E-state index contributed by atoms with van der Waals surface area (Å²) in [6.45, 7) is 2.41. The Kier molecular flexibility index (Phi) is 2.75. The lowest BCUT2D eigenvalue weighted by Crippen LogP contribution is -2.04. The molecule has 0 aromatic carbocycles. The van der Waals surface area contributed by atoms with Crippen molar-refractivity contribution in [1.82, 2.24) is 9.38 Å². The fourth-order valence-electron chi connectivity index (χ4n) is 1.64. The Morgan fingerprint density at radius 3 is 2.93 bits per heavy atom. The van der Waals surface area contributed by atoms with E-state index in [4.69, 9.17) is 5.73 Å². The minimum atomic E-state index is -0.307. The Morgan fingerprint density at radius 2 is 2.33 bits per heavy atom. The van der Waals surface area contributed by atoms with Crippen LogP contribution in [0, 0.1) is 5.82 Å². The molecule has 0 spiro atoms. The molecule has 2 aromatic heterocycles. The topological polar surface area (TPSA) is 43.3 Å². The van der Waals surface area contributed by atoms with Gasteiger partial charge in [0, 0.05) is 18.8 Å². The maximum Gasteiger partial charge on any atom is 0.142 e. The molecule has 0 saturated heterocycles. The van der Waals surface area contributed by atoms with E-state index in [0.29, 0.717) is 16.7 Å². The molecule has 2 aromatic rings. The molecule has 0 atom stereocenters. The standard InChI is InChI=1S/C10H11BrFN3/c1-2-8-9(4-13)15-5-6(11)7(12)3-10(15)14-8/h3,5H,2,4,13H2,1H3. The minimum Gasteiger partial charge on any atom is -0.325 e. The predicted octanol–water partition coefficient (Wildman–Crippen LogP) is 2.26. The van der Waals surface area contributed by atoms with Crippen molar-refractivity contribution in [2.24, 2.45) is 5.73 Å². The van der Waals surface area contributed by atoms with Gasteiger partial charge in [0.1, 0.15) is 11.5 Å². The quantitative estimate of drug-likeness (QED) is 0.911. The van der Waals surface area contributed by atoms with Gasteiger partial charge in [0.05, 0.1) is 15.9 Å². The SMILES string of the molecule is CCc1nc2cc(F)c(Br)cn2c1CN. The fraction of sp³-hybridized carbons (Fsp3) is 0.300. The molecule has 15 heavy (non-hydrogen) atoms. The van der Waals surface area contributed by atoms with Crippen molar-refractivity contribution in [3.8, 4) is 0 Å². The lowest BCUT2D eigenvalue weighted by molar-refractivity contribution is 0.619. The molecule has 0 aliphatic heterocycles. The van der Waals surface area contributed by atoms with Gasteiger partial charge < -0.3 is 10.1 Å². The molecule has 0 saturated carbocycles. The monoisotopic (exact) mass is 271 g/mol. The van der Waals surface area contributed by atoms with Gasteiger partial charge in [0.15, 0.2) is 0 Å². The highest BCUT2D eigenvalue weighted by Gasteiger charge is 2.11. The highest BCUT2D eigenvalue weighted by atomic mass is 79.9. The second kappa shape index (κ2) is 3.90. The first-order valence-corrected chi connectivity index (χ1v) is 5.51. The third-order valence-electron chi connectivity index (χ3n) is 2.37. The van der Waals surface area contributed by atoms with Crippen molar-refractivity contribution in [3.05, 3.63) is 33.9 Å². The summed E-state index contributed by atoms with van der Waals surface area (Å²) in [6, 6.07) is 1.41. The van der Waals surface area contributed by atoms with E-state index >= 15 is 0 Å². The van der Waals surface area contributed by atoms with Gasteiger partial charge >= 0.3 is 0 Å². The van der Waals surface area contributed by atoms with E-state index in [1.807, 2.05) is 11.3 Å². The molecule has 0 bridgehead atoms. The summed E-state index contributed by atoms with van der Waals surface area (Å²) >= 11 is 3.15. The average molecular weight is 272 g/mol. The third-order valence-corrected chi connectivity index (χ3v) is 2.96. The van der Waals surface area contributed by atoms with Gasteiger partial charge in [-0.2, -0.15) is 0 Å². The maximum atomic E-state index is 13.3. The van der Waals surface area contributed by atoms with Crippen LogP contribution in [0.3, 0.4) is 0 Å². The number of nitrogens with zero attached hydrogens (tertiary/aromatic N) is 2. The van der Waals surface area contributed by atoms with Crippen LogP contribution in [0.5, 0.6) is 0 Å². The van der Waals surface area contributed by atoms with Crippen LogP contribution in [0.25, 0.3) is 5.65 Å². The van der Waals surface area contributed by atoms with E-state index in [-0.39, 0.29) is 5.82 Å². The number of pyridine rings is 1. The zero-order valence-electron chi connectivity index (χ0n) is 8.30. The normalized spacial score (nSPS) is 11.2. The van der Waals surface area contributed by atoms with Crippen LogP contribution in [-0.4, -0.2) is 9.38 Å². The molecular weight excluding hydrogens is 261 g/mol. The second-order valence-electron chi connectivity index (χ2n) is 3.26. The number of rotatable bonds is 2. The first-order valence-electron chi connectivity index (χ1n) is 4.72. The number of aromatic nitrogens is 2. The van der Waals surface area contributed by atoms with Crippen LogP contribution in [0.15, 0.2) is 16.7 Å². The number of imidazole rings is 1. The van der Waals surface area contributed by atoms with Crippen molar-refractivity contribution in [2.45, 2.75) is 19.9 Å². The molecule has 0 radical (unpaired) electrons. The van der Waals surface area contributed by atoms with Gasteiger partial charge in [-0.05, 0) is 22.4 Å². The van der Waals surface area contributed by atoms with Crippen molar-refractivity contribution in [2.75, 3.05) is 0 Å². The van der Waals surface area contributed by atoms with Crippen LogP contribution in [0.2, 0.25) is 0 Å². The Balaban J connectivity index is 2.77. The predicted molar refractivity (Wildman–Crippen MR) is 60.1 cm³/mol. The lowest BCUT2D eigenvalue weighted by Gasteiger charge is -2.01. The zero-order valence-corrected chi connectivity index (χ0v) is 9.88. The van der Waals surface area contributed by atoms with E-state index in [1.54, 1.807) is 6.20 Å². The van der Waals surface area contributed by atoms with Gasteiger partial charge in [0.25, 0.3) is 0 Å². The maximum absolute atomic E-state index is 13.3. The molecule has 0 aliphatic rings. The lowest BCUT2D eigenvalue weighted by atomic mass is 10.2. The molecule has 5 heteroatoms. The number of hydrogen-bond donors (Lipinski definition) is 1. The van der Waals surface area contributed by atoms with Crippen LogP contribution in [0.1, 0.15) is 18.3 Å². The van der Waals surface area contributed by atoms with E-state index < -0.39 is 0 Å². The second-order valence-corrected chi connectivity index (χ2v) is 4.11. The smallest absolute Gasteiger partial charge is 0.142 e. The highest BCUT2D eigenvalue weighted by Crippen LogP contribution is 2.20. The molecule has 0 amide bonds. The number of halogens is 2. The van der Waals surface area contributed by atoms with Crippen molar-refractivity contribution in [1.29, 1.82) is 0 Å². The van der Waals surface area contributed by atoms with Crippen molar-refractivity contribution >= 4 is 21.6 Å². The van der Waals surface area contributed by atoms with Gasteiger partial charge in [-0.3, -0.25) is 0 Å². The molecule has 80 valence electrons. The third kappa shape index (κ3) is 1.66. The van der Waals surface area contributed by atoms with Gasteiger partial charge in [-0.15, -0.1) is 0 Å². The number of nitrogens with two attached hydrogens (primary N) is 1. The average Bonchev–Trinajstić information content (AvgIpc) is 2.56. The Bertz CT molecular complexity index is 507.